The molecule has 0 heterocycles. The summed E-state index contributed by atoms with van der Waals surface area (Å²) >= 11 is 0. The molecule has 1 aromatic rings. The highest BCUT2D eigenvalue weighted by Crippen LogP contribution is 2.49. The van der Waals surface area contributed by atoms with Gasteiger partial charge in [0.25, 0.3) is 0 Å². The second-order valence-corrected chi connectivity index (χ2v) is 5.06. The van der Waals surface area contributed by atoms with Crippen molar-refractivity contribution in [3.8, 4) is 5.75 Å². The highest BCUT2D eigenvalue weighted by molar-refractivity contribution is 5.68. The van der Waals surface area contributed by atoms with Crippen molar-refractivity contribution in [1.82, 2.24) is 0 Å². The number of carbonyl (C=O) groups is 1. The molecule has 1 saturated carbocycles. The van der Waals surface area contributed by atoms with Gasteiger partial charge in [0.05, 0.1) is 13.0 Å². The third-order valence-electron chi connectivity index (χ3n) is 3.57. The smallest absolute Gasteiger partial charge is 0.304 e. The first-order valence-corrected chi connectivity index (χ1v) is 5.93. The minimum absolute atomic E-state index is 0.109. The van der Waals surface area contributed by atoms with Crippen molar-refractivity contribution >= 4 is 5.97 Å². The van der Waals surface area contributed by atoms with Gasteiger partial charge in [-0.2, -0.15) is 0 Å². The number of ether oxygens (including phenoxy) is 1. The van der Waals surface area contributed by atoms with E-state index in [9.17, 15) is 4.79 Å². The first kappa shape index (κ1) is 12.0. The Morgan fingerprint density at radius 2 is 2.12 bits per heavy atom. The Morgan fingerprint density at radius 3 is 2.71 bits per heavy atom. The number of carboxylic acids is 1. The van der Waals surface area contributed by atoms with E-state index < -0.39 is 5.97 Å². The van der Waals surface area contributed by atoms with Crippen LogP contribution in [0.15, 0.2) is 18.2 Å². The monoisotopic (exact) mass is 234 g/mol. The van der Waals surface area contributed by atoms with E-state index in [1.807, 2.05) is 32.0 Å². The van der Waals surface area contributed by atoms with Gasteiger partial charge in [-0.25, -0.2) is 0 Å². The molecule has 3 heteroatoms. The SMILES string of the molecule is Cc1cccc(OCC2(CC(=O)O)CC2)c1C. The van der Waals surface area contributed by atoms with Crippen molar-refractivity contribution in [2.24, 2.45) is 5.41 Å². The van der Waals surface area contributed by atoms with Crippen molar-refractivity contribution in [2.75, 3.05) is 6.61 Å². The van der Waals surface area contributed by atoms with Crippen molar-refractivity contribution < 1.29 is 14.6 Å². The minimum Gasteiger partial charge on any atom is -0.493 e. The van der Waals surface area contributed by atoms with Gasteiger partial charge in [-0.3, -0.25) is 4.79 Å². The molecule has 1 aliphatic carbocycles. The lowest BCUT2D eigenvalue weighted by atomic mass is 10.0. The van der Waals surface area contributed by atoms with Gasteiger partial charge in [0, 0.05) is 5.41 Å². The van der Waals surface area contributed by atoms with Crippen LogP contribution in [0.4, 0.5) is 0 Å². The largest absolute Gasteiger partial charge is 0.493 e. The summed E-state index contributed by atoms with van der Waals surface area (Å²) in [6.45, 7) is 4.59. The lowest BCUT2D eigenvalue weighted by Crippen LogP contribution is -2.17. The predicted molar refractivity (Wildman–Crippen MR) is 65.3 cm³/mol. The van der Waals surface area contributed by atoms with Crippen LogP contribution >= 0.6 is 0 Å². The van der Waals surface area contributed by atoms with Crippen LogP contribution in [0.25, 0.3) is 0 Å². The van der Waals surface area contributed by atoms with E-state index >= 15 is 0 Å². The number of hydrogen-bond donors (Lipinski definition) is 1. The fraction of sp³-hybridized carbons (Fsp3) is 0.500. The molecule has 3 nitrogen and oxygen atoms in total. The summed E-state index contributed by atoms with van der Waals surface area (Å²) in [5.74, 6) is 0.147. The Morgan fingerprint density at radius 1 is 1.41 bits per heavy atom. The molecule has 1 aliphatic rings. The number of carboxylic acid groups (broad SMARTS) is 1. The zero-order chi connectivity index (χ0) is 12.5. The Hall–Kier alpha value is -1.51. The topological polar surface area (TPSA) is 46.5 Å². The molecule has 0 amide bonds. The quantitative estimate of drug-likeness (QED) is 0.852. The first-order valence-electron chi connectivity index (χ1n) is 5.93. The third-order valence-corrected chi connectivity index (χ3v) is 3.57. The fourth-order valence-corrected chi connectivity index (χ4v) is 1.98. The summed E-state index contributed by atoms with van der Waals surface area (Å²) in [5.41, 5.74) is 2.23. The molecule has 0 aromatic heterocycles. The second-order valence-electron chi connectivity index (χ2n) is 5.06. The van der Waals surface area contributed by atoms with Crippen molar-refractivity contribution in [2.45, 2.75) is 33.1 Å². The van der Waals surface area contributed by atoms with E-state index in [-0.39, 0.29) is 11.8 Å². The maximum atomic E-state index is 10.7. The van der Waals surface area contributed by atoms with Gasteiger partial charge in [-0.05, 0) is 43.9 Å². The third kappa shape index (κ3) is 2.78. The zero-order valence-corrected chi connectivity index (χ0v) is 10.3. The van der Waals surface area contributed by atoms with E-state index in [4.69, 9.17) is 9.84 Å². The molecule has 1 fully saturated rings. The molecule has 0 unspecified atom stereocenters. The molecule has 0 spiro atoms. The van der Waals surface area contributed by atoms with E-state index in [2.05, 4.69) is 0 Å². The van der Waals surface area contributed by atoms with E-state index in [0.717, 1.165) is 24.2 Å². The van der Waals surface area contributed by atoms with Gasteiger partial charge in [-0.1, -0.05) is 12.1 Å². The molecule has 92 valence electrons. The van der Waals surface area contributed by atoms with Crippen molar-refractivity contribution in [1.29, 1.82) is 0 Å². The standard InChI is InChI=1S/C14H18O3/c1-10-4-3-5-12(11(10)2)17-9-14(6-7-14)8-13(15)16/h3-5H,6-9H2,1-2H3,(H,15,16). The molecular formula is C14H18O3. The second kappa shape index (κ2) is 4.40. The molecule has 1 N–H and O–H groups in total. The summed E-state index contributed by atoms with van der Waals surface area (Å²) < 4.78 is 5.78. The molecule has 0 radical (unpaired) electrons. The average Bonchev–Trinajstić information content (AvgIpc) is 3.00. The zero-order valence-electron chi connectivity index (χ0n) is 10.3. The number of hydrogen-bond acceptors (Lipinski definition) is 2. The first-order chi connectivity index (χ1) is 8.02. The van der Waals surface area contributed by atoms with Gasteiger partial charge in [0.1, 0.15) is 5.75 Å². The van der Waals surface area contributed by atoms with Gasteiger partial charge in [0.2, 0.25) is 0 Å². The van der Waals surface area contributed by atoms with Crippen molar-refractivity contribution in [3.63, 3.8) is 0 Å². The summed E-state index contributed by atoms with van der Waals surface area (Å²) in [5, 5.41) is 8.83. The maximum absolute atomic E-state index is 10.7. The maximum Gasteiger partial charge on any atom is 0.304 e. The Labute approximate surface area is 101 Å². The summed E-state index contributed by atoms with van der Waals surface area (Å²) in [7, 11) is 0. The minimum atomic E-state index is -0.730. The van der Waals surface area contributed by atoms with Crippen LogP contribution in [0.2, 0.25) is 0 Å². The highest BCUT2D eigenvalue weighted by Gasteiger charge is 2.45. The molecular weight excluding hydrogens is 216 g/mol. The molecule has 0 bridgehead atoms. The molecule has 17 heavy (non-hydrogen) atoms. The van der Waals surface area contributed by atoms with E-state index in [0.29, 0.717) is 6.61 Å². The van der Waals surface area contributed by atoms with Crippen LogP contribution in [0.3, 0.4) is 0 Å². The molecule has 1 aromatic carbocycles. The summed E-state index contributed by atoms with van der Waals surface area (Å²) in [4.78, 5) is 10.7. The fourth-order valence-electron chi connectivity index (χ4n) is 1.98. The predicted octanol–water partition coefficient (Wildman–Crippen LogP) is 2.94. The number of benzene rings is 1. The van der Waals surface area contributed by atoms with Crippen LogP contribution in [0.1, 0.15) is 30.4 Å². The lowest BCUT2D eigenvalue weighted by molar-refractivity contribution is -0.138. The summed E-state index contributed by atoms with van der Waals surface area (Å²) in [6, 6.07) is 5.96. The number of aliphatic carboxylic acids is 1. The van der Waals surface area contributed by atoms with Crippen LogP contribution < -0.4 is 4.74 Å². The number of aryl methyl sites for hydroxylation is 1. The molecule has 2 rings (SSSR count). The van der Waals surface area contributed by atoms with Crippen molar-refractivity contribution in [3.05, 3.63) is 29.3 Å². The van der Waals surface area contributed by atoms with Gasteiger partial charge >= 0.3 is 5.97 Å². The van der Waals surface area contributed by atoms with E-state index in [1.54, 1.807) is 0 Å². The summed E-state index contributed by atoms with van der Waals surface area (Å²) in [6.07, 6.45) is 2.15. The van der Waals surface area contributed by atoms with E-state index in [1.165, 1.54) is 5.56 Å². The van der Waals surface area contributed by atoms with Gasteiger partial charge in [0.15, 0.2) is 0 Å². The van der Waals surface area contributed by atoms with Crippen LogP contribution in [-0.4, -0.2) is 17.7 Å². The Kier molecular flexibility index (Phi) is 3.09. The Bertz CT molecular complexity index is 433. The van der Waals surface area contributed by atoms with Gasteiger partial charge < -0.3 is 9.84 Å². The number of rotatable bonds is 5. The molecule has 0 atom stereocenters. The van der Waals surface area contributed by atoms with Crippen LogP contribution in [-0.2, 0) is 4.79 Å². The van der Waals surface area contributed by atoms with Crippen LogP contribution in [0.5, 0.6) is 5.75 Å². The Balaban J connectivity index is 1.98. The highest BCUT2D eigenvalue weighted by atomic mass is 16.5. The van der Waals surface area contributed by atoms with Gasteiger partial charge in [-0.15, -0.1) is 0 Å². The average molecular weight is 234 g/mol. The van der Waals surface area contributed by atoms with Crippen LogP contribution in [0, 0.1) is 19.3 Å². The normalized spacial score (nSPS) is 16.6. The molecule has 0 aliphatic heterocycles. The molecule has 0 saturated heterocycles. The lowest BCUT2D eigenvalue weighted by Gasteiger charge is -2.16.